The molecule has 1 heterocycles. The number of aromatic nitrogens is 3. The second-order valence-electron chi connectivity index (χ2n) is 4.85. The maximum atomic E-state index is 5.88. The van der Waals surface area contributed by atoms with E-state index in [1.807, 2.05) is 0 Å². The first-order valence-electron chi connectivity index (χ1n) is 6.43. The zero-order valence-corrected chi connectivity index (χ0v) is 12.3. The molecule has 18 heavy (non-hydrogen) atoms. The van der Waals surface area contributed by atoms with Crippen molar-refractivity contribution in [2.75, 3.05) is 17.2 Å². The molecule has 0 saturated carbocycles. The summed E-state index contributed by atoms with van der Waals surface area (Å²) < 4.78 is 0. The van der Waals surface area contributed by atoms with Gasteiger partial charge >= 0.3 is 0 Å². The van der Waals surface area contributed by atoms with Crippen LogP contribution in [-0.4, -0.2) is 27.5 Å². The molecule has 0 fully saturated rings. The highest BCUT2D eigenvalue weighted by Crippen LogP contribution is 2.13. The van der Waals surface area contributed by atoms with Crippen LogP contribution in [0.15, 0.2) is 0 Å². The van der Waals surface area contributed by atoms with Gasteiger partial charge < -0.3 is 10.6 Å². The molecule has 5 nitrogen and oxygen atoms in total. The predicted molar refractivity (Wildman–Crippen MR) is 76.2 cm³/mol. The zero-order valence-electron chi connectivity index (χ0n) is 11.5. The van der Waals surface area contributed by atoms with Gasteiger partial charge in [-0.2, -0.15) is 15.0 Å². The molecular formula is C12H22ClN5. The maximum Gasteiger partial charge on any atom is 0.229 e. The molecule has 0 aliphatic heterocycles. The van der Waals surface area contributed by atoms with Gasteiger partial charge in [0.15, 0.2) is 0 Å². The molecule has 0 amide bonds. The Bertz CT molecular complexity index is 369. The second kappa shape index (κ2) is 7.36. The summed E-state index contributed by atoms with van der Waals surface area (Å²) in [5.41, 5.74) is 0. The van der Waals surface area contributed by atoms with Crippen LogP contribution in [0.5, 0.6) is 0 Å². The largest absolute Gasteiger partial charge is 0.354 e. The van der Waals surface area contributed by atoms with Crippen LogP contribution in [0, 0.1) is 5.92 Å². The van der Waals surface area contributed by atoms with Gasteiger partial charge in [-0.1, -0.05) is 20.8 Å². The Morgan fingerprint density at radius 3 is 2.39 bits per heavy atom. The van der Waals surface area contributed by atoms with Crippen LogP contribution in [0.4, 0.5) is 11.9 Å². The lowest BCUT2D eigenvalue weighted by Crippen LogP contribution is -2.20. The predicted octanol–water partition coefficient (Wildman–Crippen LogP) is 3.19. The SMILES string of the molecule is CCCNc1nc(Cl)nc(NC(C)CC(C)C)n1. The number of halogens is 1. The molecule has 0 aromatic carbocycles. The van der Waals surface area contributed by atoms with Gasteiger partial charge in [-0.15, -0.1) is 0 Å². The number of hydrogen-bond donors (Lipinski definition) is 2. The molecular weight excluding hydrogens is 250 g/mol. The number of anilines is 2. The summed E-state index contributed by atoms with van der Waals surface area (Å²) >= 11 is 5.88. The first-order chi connectivity index (χ1) is 8.51. The van der Waals surface area contributed by atoms with Gasteiger partial charge in [0.2, 0.25) is 17.2 Å². The highest BCUT2D eigenvalue weighted by atomic mass is 35.5. The molecule has 6 heteroatoms. The van der Waals surface area contributed by atoms with Crippen molar-refractivity contribution in [1.82, 2.24) is 15.0 Å². The minimum atomic E-state index is 0.211. The van der Waals surface area contributed by atoms with E-state index in [4.69, 9.17) is 11.6 Å². The molecule has 1 aromatic rings. The minimum absolute atomic E-state index is 0.211. The molecule has 0 saturated heterocycles. The van der Waals surface area contributed by atoms with Crippen molar-refractivity contribution in [2.24, 2.45) is 5.92 Å². The summed E-state index contributed by atoms with van der Waals surface area (Å²) in [6.07, 6.45) is 2.07. The van der Waals surface area contributed by atoms with E-state index in [0.717, 1.165) is 19.4 Å². The van der Waals surface area contributed by atoms with Crippen molar-refractivity contribution in [3.8, 4) is 0 Å². The molecule has 0 radical (unpaired) electrons. The van der Waals surface area contributed by atoms with E-state index in [1.54, 1.807) is 0 Å². The van der Waals surface area contributed by atoms with Gasteiger partial charge in [-0.3, -0.25) is 0 Å². The molecule has 0 bridgehead atoms. The van der Waals surface area contributed by atoms with Gasteiger partial charge in [-0.25, -0.2) is 0 Å². The Morgan fingerprint density at radius 1 is 1.11 bits per heavy atom. The third kappa shape index (κ3) is 5.49. The zero-order chi connectivity index (χ0) is 13.5. The van der Waals surface area contributed by atoms with Crippen LogP contribution in [0.1, 0.15) is 40.5 Å². The highest BCUT2D eigenvalue weighted by Gasteiger charge is 2.09. The maximum absolute atomic E-state index is 5.88. The Balaban J connectivity index is 2.67. The summed E-state index contributed by atoms with van der Waals surface area (Å²) in [5, 5.41) is 6.56. The monoisotopic (exact) mass is 271 g/mol. The lowest BCUT2D eigenvalue weighted by molar-refractivity contribution is 0.537. The molecule has 0 aliphatic carbocycles. The lowest BCUT2D eigenvalue weighted by Gasteiger charge is -2.16. The van der Waals surface area contributed by atoms with E-state index < -0.39 is 0 Å². The second-order valence-corrected chi connectivity index (χ2v) is 5.19. The van der Waals surface area contributed by atoms with Crippen LogP contribution in [0.25, 0.3) is 0 Å². The van der Waals surface area contributed by atoms with Crippen molar-refractivity contribution < 1.29 is 0 Å². The van der Waals surface area contributed by atoms with Gasteiger partial charge in [-0.05, 0) is 37.3 Å². The summed E-state index contributed by atoms with van der Waals surface area (Å²) in [7, 11) is 0. The molecule has 1 unspecified atom stereocenters. The van der Waals surface area contributed by atoms with E-state index in [2.05, 4.69) is 53.3 Å². The third-order valence-corrected chi connectivity index (χ3v) is 2.51. The van der Waals surface area contributed by atoms with Gasteiger partial charge in [0.1, 0.15) is 0 Å². The molecule has 0 spiro atoms. The average molecular weight is 272 g/mol. The lowest BCUT2D eigenvalue weighted by atomic mass is 10.1. The quantitative estimate of drug-likeness (QED) is 0.797. The number of rotatable bonds is 7. The van der Waals surface area contributed by atoms with Crippen LogP contribution in [0.3, 0.4) is 0 Å². The van der Waals surface area contributed by atoms with Crippen molar-refractivity contribution in [2.45, 2.75) is 46.6 Å². The summed E-state index contributed by atoms with van der Waals surface area (Å²) in [4.78, 5) is 12.4. The van der Waals surface area contributed by atoms with Crippen molar-refractivity contribution in [3.63, 3.8) is 0 Å². The topological polar surface area (TPSA) is 62.7 Å². The van der Waals surface area contributed by atoms with Crippen molar-refractivity contribution in [3.05, 3.63) is 5.28 Å². The molecule has 0 aliphatic rings. The fourth-order valence-corrected chi connectivity index (χ4v) is 1.88. The highest BCUT2D eigenvalue weighted by molar-refractivity contribution is 6.28. The van der Waals surface area contributed by atoms with Crippen molar-refractivity contribution >= 4 is 23.5 Å². The molecule has 1 aromatic heterocycles. The van der Waals surface area contributed by atoms with Gasteiger partial charge in [0, 0.05) is 12.6 Å². The smallest absolute Gasteiger partial charge is 0.229 e. The fourth-order valence-electron chi connectivity index (χ4n) is 1.72. The van der Waals surface area contributed by atoms with E-state index >= 15 is 0 Å². The fraction of sp³-hybridized carbons (Fsp3) is 0.750. The van der Waals surface area contributed by atoms with Crippen molar-refractivity contribution in [1.29, 1.82) is 0 Å². The Morgan fingerprint density at radius 2 is 1.78 bits per heavy atom. The first-order valence-corrected chi connectivity index (χ1v) is 6.81. The number of nitrogens with zero attached hydrogens (tertiary/aromatic N) is 3. The molecule has 1 atom stereocenters. The molecule has 2 N–H and O–H groups in total. The Labute approximate surface area is 114 Å². The summed E-state index contributed by atoms with van der Waals surface area (Å²) in [6, 6.07) is 0.308. The van der Waals surface area contributed by atoms with E-state index in [0.29, 0.717) is 23.9 Å². The first kappa shape index (κ1) is 15.0. The third-order valence-electron chi connectivity index (χ3n) is 2.34. The van der Waals surface area contributed by atoms with Crippen LogP contribution >= 0.6 is 11.6 Å². The number of nitrogens with one attached hydrogen (secondary N) is 2. The molecule has 1 rings (SSSR count). The van der Waals surface area contributed by atoms with Gasteiger partial charge in [0.25, 0.3) is 0 Å². The van der Waals surface area contributed by atoms with E-state index in [-0.39, 0.29) is 5.28 Å². The summed E-state index contributed by atoms with van der Waals surface area (Å²) in [6.45, 7) is 9.39. The number of hydrogen-bond acceptors (Lipinski definition) is 5. The van der Waals surface area contributed by atoms with E-state index in [1.165, 1.54) is 0 Å². The normalized spacial score (nSPS) is 12.6. The molecule has 102 valence electrons. The van der Waals surface area contributed by atoms with Gasteiger partial charge in [0.05, 0.1) is 0 Å². The Kier molecular flexibility index (Phi) is 6.12. The van der Waals surface area contributed by atoms with E-state index in [9.17, 15) is 0 Å². The Hall–Kier alpha value is -1.10. The standard InChI is InChI=1S/C12H22ClN5/c1-5-6-14-11-16-10(13)17-12(18-11)15-9(4)7-8(2)3/h8-9H,5-7H2,1-4H3,(H2,14,15,16,17,18). The summed E-state index contributed by atoms with van der Waals surface area (Å²) in [5.74, 6) is 1.68. The van der Waals surface area contributed by atoms with Crippen LogP contribution in [0.2, 0.25) is 5.28 Å². The van der Waals surface area contributed by atoms with Crippen LogP contribution in [-0.2, 0) is 0 Å². The minimum Gasteiger partial charge on any atom is -0.354 e. The van der Waals surface area contributed by atoms with Crippen LogP contribution < -0.4 is 10.6 Å². The average Bonchev–Trinajstić information content (AvgIpc) is 2.24.